The Labute approximate surface area is 143 Å². The first-order valence-corrected chi connectivity index (χ1v) is 7.82. The van der Waals surface area contributed by atoms with E-state index >= 15 is 0 Å². The number of guanidine groups is 1. The molecule has 1 aromatic heterocycles. The molecule has 0 unspecified atom stereocenters. The van der Waals surface area contributed by atoms with Gasteiger partial charge in [-0.25, -0.2) is 4.98 Å². The van der Waals surface area contributed by atoms with Gasteiger partial charge in [0.15, 0.2) is 5.96 Å². The van der Waals surface area contributed by atoms with Crippen molar-refractivity contribution in [2.75, 3.05) is 33.2 Å². The highest BCUT2D eigenvalue weighted by Crippen LogP contribution is 2.14. The minimum atomic E-state index is 0.652. The number of nitrogens with zero attached hydrogens (tertiary/aromatic N) is 3. The van der Waals surface area contributed by atoms with Crippen molar-refractivity contribution in [3.05, 3.63) is 53.7 Å². The number of anilines is 1. The number of aliphatic imine (C=N–C) groups is 1. The van der Waals surface area contributed by atoms with Crippen LogP contribution in [0.3, 0.4) is 0 Å². The van der Waals surface area contributed by atoms with Crippen molar-refractivity contribution >= 4 is 11.8 Å². The fourth-order valence-corrected chi connectivity index (χ4v) is 2.34. The van der Waals surface area contributed by atoms with Gasteiger partial charge in [0, 0.05) is 46.0 Å². The summed E-state index contributed by atoms with van der Waals surface area (Å²) in [4.78, 5) is 10.7. The van der Waals surface area contributed by atoms with Crippen LogP contribution in [0.4, 0.5) is 5.82 Å². The molecule has 0 amide bonds. The summed E-state index contributed by atoms with van der Waals surface area (Å²) in [5.74, 6) is 2.54. The van der Waals surface area contributed by atoms with E-state index < -0.39 is 0 Å². The van der Waals surface area contributed by atoms with Gasteiger partial charge in [0.1, 0.15) is 11.6 Å². The molecule has 0 saturated carbocycles. The van der Waals surface area contributed by atoms with Gasteiger partial charge in [-0.3, -0.25) is 4.99 Å². The Bertz CT molecular complexity index is 685. The zero-order valence-electron chi connectivity index (χ0n) is 14.7. The monoisotopic (exact) mass is 327 g/mol. The lowest BCUT2D eigenvalue weighted by atomic mass is 10.2. The predicted molar refractivity (Wildman–Crippen MR) is 98.6 cm³/mol. The van der Waals surface area contributed by atoms with E-state index in [-0.39, 0.29) is 0 Å². The highest BCUT2D eigenvalue weighted by Gasteiger charge is 2.06. The lowest BCUT2D eigenvalue weighted by Gasteiger charge is -2.17. The van der Waals surface area contributed by atoms with Gasteiger partial charge in [0.2, 0.25) is 0 Å². The lowest BCUT2D eigenvalue weighted by molar-refractivity contribution is 0.414. The molecule has 0 aliphatic carbocycles. The number of methoxy groups -OCH3 is 1. The molecule has 0 saturated heterocycles. The lowest BCUT2D eigenvalue weighted by Crippen LogP contribution is -2.36. The number of hydrogen-bond donors (Lipinski definition) is 2. The standard InChI is InChI=1S/C18H25N5O/c1-19-18(21-12-14-7-5-9-16(11-14)24-4)22-13-15-8-6-10-20-17(15)23(2)3/h5-11H,12-13H2,1-4H3,(H2,19,21,22). The molecule has 0 aliphatic rings. The Morgan fingerprint density at radius 1 is 1.17 bits per heavy atom. The second-order valence-electron chi connectivity index (χ2n) is 5.51. The average molecular weight is 327 g/mol. The molecule has 0 spiro atoms. The van der Waals surface area contributed by atoms with E-state index in [0.717, 1.165) is 28.7 Å². The van der Waals surface area contributed by atoms with E-state index in [1.54, 1.807) is 20.4 Å². The van der Waals surface area contributed by atoms with Gasteiger partial charge in [0.05, 0.1) is 7.11 Å². The summed E-state index contributed by atoms with van der Waals surface area (Å²) in [6, 6.07) is 12.0. The number of nitrogens with one attached hydrogen (secondary N) is 2. The van der Waals surface area contributed by atoms with Crippen molar-refractivity contribution in [3.8, 4) is 5.75 Å². The summed E-state index contributed by atoms with van der Waals surface area (Å²) in [7, 11) is 7.41. The summed E-state index contributed by atoms with van der Waals surface area (Å²) in [6.07, 6.45) is 1.80. The molecular weight excluding hydrogens is 302 g/mol. The smallest absolute Gasteiger partial charge is 0.191 e. The summed E-state index contributed by atoms with van der Waals surface area (Å²) in [5, 5.41) is 6.63. The third-order valence-corrected chi connectivity index (χ3v) is 3.56. The first-order chi connectivity index (χ1) is 11.6. The van der Waals surface area contributed by atoms with E-state index in [1.165, 1.54) is 0 Å². The van der Waals surface area contributed by atoms with Gasteiger partial charge < -0.3 is 20.3 Å². The largest absolute Gasteiger partial charge is 0.497 e. The summed E-state index contributed by atoms with van der Waals surface area (Å²) >= 11 is 0. The van der Waals surface area contributed by atoms with Crippen LogP contribution >= 0.6 is 0 Å². The fourth-order valence-electron chi connectivity index (χ4n) is 2.34. The third-order valence-electron chi connectivity index (χ3n) is 3.56. The molecule has 24 heavy (non-hydrogen) atoms. The Hall–Kier alpha value is -2.76. The molecule has 6 nitrogen and oxygen atoms in total. The molecule has 0 bridgehead atoms. The maximum absolute atomic E-state index is 5.24. The predicted octanol–water partition coefficient (Wildman–Crippen LogP) is 2.02. The van der Waals surface area contributed by atoms with E-state index in [2.05, 4.69) is 26.7 Å². The minimum absolute atomic E-state index is 0.652. The molecular formula is C18H25N5O. The second-order valence-corrected chi connectivity index (χ2v) is 5.51. The first-order valence-electron chi connectivity index (χ1n) is 7.82. The van der Waals surface area contributed by atoms with Crippen molar-refractivity contribution in [1.29, 1.82) is 0 Å². The van der Waals surface area contributed by atoms with Crippen LogP contribution in [0.1, 0.15) is 11.1 Å². The molecule has 1 heterocycles. The Balaban J connectivity index is 1.93. The SMILES string of the molecule is CN=C(NCc1cccc(OC)c1)NCc1cccnc1N(C)C. The van der Waals surface area contributed by atoms with Crippen molar-refractivity contribution in [2.24, 2.45) is 4.99 Å². The highest BCUT2D eigenvalue weighted by molar-refractivity contribution is 5.79. The third kappa shape index (κ3) is 4.87. The molecule has 1 aromatic carbocycles. The molecule has 6 heteroatoms. The normalized spacial score (nSPS) is 11.1. The van der Waals surface area contributed by atoms with Crippen LogP contribution < -0.4 is 20.3 Å². The van der Waals surface area contributed by atoms with Crippen LogP contribution in [0, 0.1) is 0 Å². The molecule has 0 aliphatic heterocycles. The van der Waals surface area contributed by atoms with Crippen molar-refractivity contribution < 1.29 is 4.74 Å². The van der Waals surface area contributed by atoms with Crippen LogP contribution in [0.25, 0.3) is 0 Å². The number of ether oxygens (including phenoxy) is 1. The van der Waals surface area contributed by atoms with E-state index in [4.69, 9.17) is 4.74 Å². The molecule has 0 fully saturated rings. The number of pyridine rings is 1. The van der Waals surface area contributed by atoms with Gasteiger partial charge in [-0.2, -0.15) is 0 Å². The maximum Gasteiger partial charge on any atom is 0.191 e. The Kier molecular flexibility index (Phi) is 6.42. The number of benzene rings is 1. The van der Waals surface area contributed by atoms with Crippen LogP contribution in [0.5, 0.6) is 5.75 Å². The summed E-state index contributed by atoms with van der Waals surface area (Å²) in [6.45, 7) is 1.32. The van der Waals surface area contributed by atoms with Gasteiger partial charge in [-0.05, 0) is 23.8 Å². The first kappa shape index (κ1) is 17.6. The number of hydrogen-bond acceptors (Lipinski definition) is 4. The van der Waals surface area contributed by atoms with Crippen LogP contribution in [-0.2, 0) is 13.1 Å². The van der Waals surface area contributed by atoms with Crippen LogP contribution in [0.2, 0.25) is 0 Å². The molecule has 2 rings (SSSR count). The Morgan fingerprint density at radius 2 is 1.96 bits per heavy atom. The fraction of sp³-hybridized carbons (Fsp3) is 0.333. The van der Waals surface area contributed by atoms with Crippen molar-refractivity contribution in [3.63, 3.8) is 0 Å². The van der Waals surface area contributed by atoms with Gasteiger partial charge >= 0.3 is 0 Å². The molecule has 0 atom stereocenters. The molecule has 128 valence electrons. The number of rotatable bonds is 6. The molecule has 0 radical (unpaired) electrons. The zero-order valence-corrected chi connectivity index (χ0v) is 14.7. The quantitative estimate of drug-likeness (QED) is 0.628. The average Bonchev–Trinajstić information content (AvgIpc) is 2.62. The Morgan fingerprint density at radius 3 is 2.67 bits per heavy atom. The second kappa shape index (κ2) is 8.76. The van der Waals surface area contributed by atoms with Crippen LogP contribution in [0.15, 0.2) is 47.6 Å². The van der Waals surface area contributed by atoms with Gasteiger partial charge in [-0.1, -0.05) is 18.2 Å². The van der Waals surface area contributed by atoms with Gasteiger partial charge in [-0.15, -0.1) is 0 Å². The van der Waals surface area contributed by atoms with Crippen LogP contribution in [-0.4, -0.2) is 39.2 Å². The van der Waals surface area contributed by atoms with E-state index in [0.29, 0.717) is 13.1 Å². The van der Waals surface area contributed by atoms with E-state index in [1.807, 2.05) is 49.3 Å². The highest BCUT2D eigenvalue weighted by atomic mass is 16.5. The van der Waals surface area contributed by atoms with Gasteiger partial charge in [0.25, 0.3) is 0 Å². The zero-order chi connectivity index (χ0) is 17.4. The van der Waals surface area contributed by atoms with E-state index in [9.17, 15) is 0 Å². The van der Waals surface area contributed by atoms with Crippen molar-refractivity contribution in [1.82, 2.24) is 15.6 Å². The van der Waals surface area contributed by atoms with Crippen molar-refractivity contribution in [2.45, 2.75) is 13.1 Å². The number of aromatic nitrogens is 1. The minimum Gasteiger partial charge on any atom is -0.497 e. The topological polar surface area (TPSA) is 61.8 Å². The molecule has 2 N–H and O–H groups in total. The maximum atomic E-state index is 5.24. The summed E-state index contributed by atoms with van der Waals surface area (Å²) < 4.78 is 5.24. The molecule has 2 aromatic rings. The summed E-state index contributed by atoms with van der Waals surface area (Å²) in [5.41, 5.74) is 2.25.